The molecule has 0 bridgehead atoms. The van der Waals surface area contributed by atoms with Gasteiger partial charge in [0.25, 0.3) is 5.91 Å². The number of fused-ring (bicyclic) bond motifs is 1. The molecule has 0 aliphatic carbocycles. The number of amides is 1. The lowest BCUT2D eigenvalue weighted by atomic mass is 10.1. The number of sulfone groups is 1. The number of carbonyl (C=O) groups excluding carboxylic acids is 1. The van der Waals surface area contributed by atoms with Crippen LogP contribution < -0.4 is 5.32 Å². The molecule has 19 heavy (non-hydrogen) atoms. The maximum absolute atomic E-state index is 12.2. The van der Waals surface area contributed by atoms with Gasteiger partial charge in [-0.15, -0.1) is 0 Å². The fourth-order valence-corrected chi connectivity index (χ4v) is 3.43. The van der Waals surface area contributed by atoms with Crippen molar-refractivity contribution < 1.29 is 13.2 Å². The van der Waals surface area contributed by atoms with Crippen LogP contribution in [-0.2, 0) is 9.84 Å². The van der Waals surface area contributed by atoms with E-state index in [1.54, 1.807) is 18.3 Å². The molecule has 1 aliphatic rings. The van der Waals surface area contributed by atoms with Crippen LogP contribution in [0.5, 0.6) is 0 Å². The van der Waals surface area contributed by atoms with Crippen molar-refractivity contribution in [1.29, 1.82) is 0 Å². The summed E-state index contributed by atoms with van der Waals surface area (Å²) in [5.41, 5.74) is 1.42. The summed E-state index contributed by atoms with van der Waals surface area (Å²) in [4.78, 5) is 15.2. The number of H-pyrrole nitrogens is 1. The minimum atomic E-state index is -3.16. The Labute approximate surface area is 110 Å². The van der Waals surface area contributed by atoms with Crippen molar-refractivity contribution in [3.05, 3.63) is 47.5 Å². The molecule has 98 valence electrons. The second-order valence-corrected chi connectivity index (χ2v) is 6.41. The van der Waals surface area contributed by atoms with Crippen LogP contribution in [0.1, 0.15) is 10.4 Å². The molecular weight excluding hydrogens is 264 g/mol. The van der Waals surface area contributed by atoms with E-state index in [0.717, 1.165) is 16.3 Å². The maximum Gasteiger partial charge on any atom is 0.252 e. The number of hydrogen-bond acceptors (Lipinski definition) is 3. The molecule has 1 atom stereocenters. The van der Waals surface area contributed by atoms with Crippen molar-refractivity contribution >= 4 is 26.6 Å². The van der Waals surface area contributed by atoms with E-state index in [0.29, 0.717) is 5.56 Å². The van der Waals surface area contributed by atoms with E-state index in [9.17, 15) is 13.2 Å². The maximum atomic E-state index is 12.2. The summed E-state index contributed by atoms with van der Waals surface area (Å²) in [7, 11) is -3.16. The van der Waals surface area contributed by atoms with Crippen LogP contribution in [0, 0.1) is 0 Å². The van der Waals surface area contributed by atoms with Gasteiger partial charge in [0.15, 0.2) is 9.84 Å². The number of aromatic amines is 1. The Morgan fingerprint density at radius 3 is 2.89 bits per heavy atom. The van der Waals surface area contributed by atoms with E-state index in [1.807, 2.05) is 12.1 Å². The quantitative estimate of drug-likeness (QED) is 0.865. The molecule has 0 spiro atoms. The smallest absolute Gasteiger partial charge is 0.252 e. The number of aromatic nitrogens is 1. The van der Waals surface area contributed by atoms with Crippen molar-refractivity contribution in [3.63, 3.8) is 0 Å². The molecule has 1 aromatic heterocycles. The van der Waals surface area contributed by atoms with Gasteiger partial charge in [-0.3, -0.25) is 4.79 Å². The first-order valence-corrected chi connectivity index (χ1v) is 7.55. The van der Waals surface area contributed by atoms with Crippen LogP contribution >= 0.6 is 0 Å². The van der Waals surface area contributed by atoms with Crippen molar-refractivity contribution in [2.45, 2.75) is 6.04 Å². The van der Waals surface area contributed by atoms with Gasteiger partial charge in [-0.2, -0.15) is 0 Å². The molecule has 1 aliphatic heterocycles. The van der Waals surface area contributed by atoms with Crippen molar-refractivity contribution in [3.8, 4) is 0 Å². The molecule has 5 nitrogen and oxygen atoms in total. The molecule has 6 heteroatoms. The van der Waals surface area contributed by atoms with E-state index in [4.69, 9.17) is 0 Å². The summed E-state index contributed by atoms with van der Waals surface area (Å²) in [6.45, 7) is 0. The van der Waals surface area contributed by atoms with Gasteiger partial charge in [-0.1, -0.05) is 6.07 Å². The molecule has 3 rings (SSSR count). The van der Waals surface area contributed by atoms with Gasteiger partial charge in [0, 0.05) is 28.1 Å². The van der Waals surface area contributed by atoms with Crippen molar-refractivity contribution in [1.82, 2.24) is 10.3 Å². The zero-order valence-corrected chi connectivity index (χ0v) is 10.8. The fraction of sp³-hybridized carbons (Fsp3) is 0.154. The summed E-state index contributed by atoms with van der Waals surface area (Å²) in [5, 5.41) is 4.69. The van der Waals surface area contributed by atoms with Gasteiger partial charge in [0.05, 0.1) is 11.8 Å². The zero-order chi connectivity index (χ0) is 13.5. The normalized spacial score (nSPS) is 20.7. The first kappa shape index (κ1) is 12.0. The van der Waals surface area contributed by atoms with Gasteiger partial charge in [0.2, 0.25) is 0 Å². The van der Waals surface area contributed by atoms with E-state index < -0.39 is 15.9 Å². The lowest BCUT2D eigenvalue weighted by Gasteiger charge is -2.10. The summed E-state index contributed by atoms with van der Waals surface area (Å²) in [6, 6.07) is 6.76. The highest BCUT2D eigenvalue weighted by Gasteiger charge is 2.23. The number of hydrogen-bond donors (Lipinski definition) is 2. The van der Waals surface area contributed by atoms with E-state index in [2.05, 4.69) is 10.3 Å². The summed E-state index contributed by atoms with van der Waals surface area (Å²) < 4.78 is 22.6. The van der Waals surface area contributed by atoms with Crippen molar-refractivity contribution in [2.75, 3.05) is 5.75 Å². The van der Waals surface area contributed by atoms with Crippen LogP contribution in [0.2, 0.25) is 0 Å². The topological polar surface area (TPSA) is 79.0 Å². The average Bonchev–Trinajstić information content (AvgIpc) is 2.94. The third-order valence-corrected chi connectivity index (χ3v) is 4.48. The van der Waals surface area contributed by atoms with Gasteiger partial charge in [-0.05, 0) is 24.3 Å². The highest BCUT2D eigenvalue weighted by molar-refractivity contribution is 7.94. The molecule has 1 aromatic carbocycles. The van der Waals surface area contributed by atoms with Crippen LogP contribution in [0.25, 0.3) is 10.9 Å². The fourth-order valence-electron chi connectivity index (χ4n) is 2.20. The van der Waals surface area contributed by atoms with Gasteiger partial charge in [-0.25, -0.2) is 8.42 Å². The molecular formula is C13H12N2O3S. The summed E-state index contributed by atoms with van der Waals surface area (Å²) in [5.74, 6) is -0.334. The molecule has 2 N–H and O–H groups in total. The van der Waals surface area contributed by atoms with Gasteiger partial charge in [0.1, 0.15) is 0 Å². The van der Waals surface area contributed by atoms with E-state index in [1.165, 1.54) is 6.08 Å². The first-order valence-electron chi connectivity index (χ1n) is 5.83. The molecule has 0 fully saturated rings. The molecule has 1 amide bonds. The summed E-state index contributed by atoms with van der Waals surface area (Å²) >= 11 is 0. The monoisotopic (exact) mass is 276 g/mol. The molecule has 1 unspecified atom stereocenters. The number of rotatable bonds is 2. The zero-order valence-electron chi connectivity index (χ0n) is 9.96. The molecule has 2 aromatic rings. The van der Waals surface area contributed by atoms with E-state index >= 15 is 0 Å². The van der Waals surface area contributed by atoms with Gasteiger partial charge < -0.3 is 10.3 Å². The Morgan fingerprint density at radius 1 is 1.32 bits per heavy atom. The Kier molecular flexibility index (Phi) is 2.67. The molecule has 0 saturated heterocycles. The van der Waals surface area contributed by atoms with Crippen molar-refractivity contribution in [2.24, 2.45) is 0 Å². The molecule has 0 saturated carbocycles. The predicted molar refractivity (Wildman–Crippen MR) is 72.5 cm³/mol. The number of nitrogens with one attached hydrogen (secondary N) is 2. The highest BCUT2D eigenvalue weighted by atomic mass is 32.2. The standard InChI is InChI=1S/C13H12N2O3S/c16-13(15-9-5-7-19(17,18)8-9)11-2-1-3-12-10(11)4-6-14-12/h1-7,9,14H,8H2,(H,15,16). The SMILES string of the molecule is O=C(NC1C=CS(=O)(=O)C1)c1cccc2[nH]ccc12. The minimum Gasteiger partial charge on any atom is -0.361 e. The molecule has 2 heterocycles. The second kappa shape index (κ2) is 4.24. The van der Waals surface area contributed by atoms with Gasteiger partial charge >= 0.3 is 0 Å². The number of carbonyl (C=O) groups is 1. The highest BCUT2D eigenvalue weighted by Crippen LogP contribution is 2.18. The Balaban J connectivity index is 1.85. The second-order valence-electron chi connectivity index (χ2n) is 4.48. The third-order valence-electron chi connectivity index (χ3n) is 3.09. The van der Waals surface area contributed by atoms with Crippen LogP contribution in [0.4, 0.5) is 0 Å². The predicted octanol–water partition coefficient (Wildman–Crippen LogP) is 1.21. The Bertz CT molecular complexity index is 774. The lowest BCUT2D eigenvalue weighted by molar-refractivity contribution is 0.0949. The summed E-state index contributed by atoms with van der Waals surface area (Å²) in [6.07, 6.45) is 3.27. The van der Waals surface area contributed by atoms with Crippen LogP contribution in [0.15, 0.2) is 41.9 Å². The molecule has 0 radical (unpaired) electrons. The van der Waals surface area contributed by atoms with Crippen LogP contribution in [0.3, 0.4) is 0 Å². The number of benzene rings is 1. The van der Waals surface area contributed by atoms with E-state index in [-0.39, 0.29) is 11.7 Å². The minimum absolute atomic E-state index is 0.0676. The Morgan fingerprint density at radius 2 is 2.16 bits per heavy atom. The lowest BCUT2D eigenvalue weighted by Crippen LogP contribution is -2.35. The first-order chi connectivity index (χ1) is 9.05. The third kappa shape index (κ3) is 2.26. The van der Waals surface area contributed by atoms with Crippen LogP contribution in [-0.4, -0.2) is 31.1 Å². The Hall–Kier alpha value is -2.08. The largest absolute Gasteiger partial charge is 0.361 e. The average molecular weight is 276 g/mol.